The Balaban J connectivity index is 1.88. The van der Waals surface area contributed by atoms with Gasteiger partial charge in [-0.05, 0) is 66.3 Å². The van der Waals surface area contributed by atoms with Crippen molar-refractivity contribution in [3.8, 4) is 0 Å². The monoisotopic (exact) mass is 375 g/mol. The lowest BCUT2D eigenvalue weighted by atomic mass is 10.1. The number of nitrogens with one attached hydrogen (secondary N) is 1. The summed E-state index contributed by atoms with van der Waals surface area (Å²) in [7, 11) is 0. The second-order valence-electron chi connectivity index (χ2n) is 4.29. The number of hydrogen-bond acceptors (Lipinski definition) is 2. The largest absolute Gasteiger partial charge is 0.469 e. The lowest BCUT2D eigenvalue weighted by Crippen LogP contribution is -2.16. The van der Waals surface area contributed by atoms with E-state index in [-0.39, 0.29) is 0 Å². The maximum absolute atomic E-state index is 5.94. The van der Waals surface area contributed by atoms with E-state index in [1.165, 1.54) is 0 Å². The first-order valence-electron chi connectivity index (χ1n) is 5.89. The minimum Gasteiger partial charge on any atom is -0.469 e. The van der Waals surface area contributed by atoms with E-state index < -0.39 is 0 Å². The Bertz CT molecular complexity index is 499. The molecule has 0 amide bonds. The highest BCUT2D eigenvalue weighted by molar-refractivity contribution is 14.1. The molecule has 0 aliphatic rings. The summed E-state index contributed by atoms with van der Waals surface area (Å²) >= 11 is 8.23. The van der Waals surface area contributed by atoms with Gasteiger partial charge in [-0.3, -0.25) is 0 Å². The number of aryl methyl sites for hydroxylation is 1. The van der Waals surface area contributed by atoms with E-state index in [9.17, 15) is 0 Å². The van der Waals surface area contributed by atoms with Gasteiger partial charge in [0.2, 0.25) is 0 Å². The third-order valence-corrected chi connectivity index (χ3v) is 3.86. The third-order valence-electron chi connectivity index (χ3n) is 2.74. The molecule has 0 saturated carbocycles. The van der Waals surface area contributed by atoms with Crippen LogP contribution in [-0.4, -0.2) is 6.04 Å². The Hall–Kier alpha value is -0.680. The first kappa shape index (κ1) is 13.7. The highest BCUT2D eigenvalue weighted by atomic mass is 127. The lowest BCUT2D eigenvalue weighted by Gasteiger charge is -2.16. The van der Waals surface area contributed by atoms with Gasteiger partial charge in [0, 0.05) is 26.7 Å². The molecule has 0 aliphatic carbocycles. The zero-order valence-corrected chi connectivity index (χ0v) is 13.0. The van der Waals surface area contributed by atoms with Gasteiger partial charge in [0.1, 0.15) is 5.76 Å². The number of benzene rings is 1. The highest BCUT2D eigenvalue weighted by Crippen LogP contribution is 2.23. The predicted molar refractivity (Wildman–Crippen MR) is 84.3 cm³/mol. The number of anilines is 1. The van der Waals surface area contributed by atoms with E-state index in [1.54, 1.807) is 6.26 Å². The molecule has 0 aliphatic heterocycles. The first-order chi connectivity index (χ1) is 8.65. The fourth-order valence-corrected chi connectivity index (χ4v) is 2.78. The van der Waals surface area contributed by atoms with Crippen molar-refractivity contribution < 1.29 is 4.42 Å². The number of furan rings is 1. The Morgan fingerprint density at radius 3 is 2.89 bits per heavy atom. The topological polar surface area (TPSA) is 25.2 Å². The Morgan fingerprint density at radius 1 is 1.39 bits per heavy atom. The van der Waals surface area contributed by atoms with E-state index in [0.29, 0.717) is 6.04 Å². The highest BCUT2D eigenvalue weighted by Gasteiger charge is 2.06. The summed E-state index contributed by atoms with van der Waals surface area (Å²) in [5, 5.41) is 4.26. The smallest absolute Gasteiger partial charge is 0.103 e. The first-order valence-corrected chi connectivity index (χ1v) is 7.35. The van der Waals surface area contributed by atoms with E-state index >= 15 is 0 Å². The molecule has 0 saturated heterocycles. The fourth-order valence-electron chi connectivity index (χ4n) is 1.76. The fraction of sp³-hybridized carbons (Fsp3) is 0.286. The molecule has 1 heterocycles. The zero-order chi connectivity index (χ0) is 13.0. The normalized spacial score (nSPS) is 12.4. The van der Waals surface area contributed by atoms with Gasteiger partial charge in [-0.2, -0.15) is 0 Å². The minimum absolute atomic E-state index is 0.393. The van der Waals surface area contributed by atoms with Gasteiger partial charge in [0.15, 0.2) is 0 Å². The quantitative estimate of drug-likeness (QED) is 0.746. The standard InChI is InChI=1S/C14H15ClINO/c1-10(4-6-12-3-2-8-18-12)17-14-7-5-11(15)9-13(14)16/h2-3,5,7-10,17H,4,6H2,1H3. The molecule has 0 bridgehead atoms. The van der Waals surface area contributed by atoms with Crippen molar-refractivity contribution in [2.45, 2.75) is 25.8 Å². The van der Waals surface area contributed by atoms with Crippen LogP contribution in [0.15, 0.2) is 41.0 Å². The van der Waals surface area contributed by atoms with E-state index in [2.05, 4.69) is 34.8 Å². The molecule has 1 aromatic carbocycles. The van der Waals surface area contributed by atoms with Crippen LogP contribution in [0.25, 0.3) is 0 Å². The SMILES string of the molecule is CC(CCc1ccco1)Nc1ccc(Cl)cc1I. The summed E-state index contributed by atoms with van der Waals surface area (Å²) in [4.78, 5) is 0. The Morgan fingerprint density at radius 2 is 2.22 bits per heavy atom. The molecule has 0 spiro atoms. The maximum atomic E-state index is 5.94. The molecule has 2 aromatic rings. The van der Waals surface area contributed by atoms with Gasteiger partial charge in [-0.15, -0.1) is 0 Å². The number of rotatable bonds is 5. The average molecular weight is 376 g/mol. The molecule has 1 N–H and O–H groups in total. The number of halogens is 2. The summed E-state index contributed by atoms with van der Waals surface area (Å²) < 4.78 is 6.47. The van der Waals surface area contributed by atoms with Crippen molar-refractivity contribution in [3.63, 3.8) is 0 Å². The molecule has 0 radical (unpaired) electrons. The van der Waals surface area contributed by atoms with Crippen molar-refractivity contribution in [2.24, 2.45) is 0 Å². The molecule has 2 rings (SSSR count). The summed E-state index contributed by atoms with van der Waals surface area (Å²) in [5.74, 6) is 1.04. The summed E-state index contributed by atoms with van der Waals surface area (Å²) in [6.07, 6.45) is 3.70. The molecule has 18 heavy (non-hydrogen) atoms. The second kappa shape index (κ2) is 6.48. The number of hydrogen-bond donors (Lipinski definition) is 1. The maximum Gasteiger partial charge on any atom is 0.103 e. The van der Waals surface area contributed by atoms with E-state index in [0.717, 1.165) is 32.9 Å². The van der Waals surface area contributed by atoms with Gasteiger partial charge in [0.25, 0.3) is 0 Å². The van der Waals surface area contributed by atoms with Crippen molar-refractivity contribution in [2.75, 3.05) is 5.32 Å². The molecule has 0 fully saturated rings. The van der Waals surface area contributed by atoms with Gasteiger partial charge < -0.3 is 9.73 Å². The third kappa shape index (κ3) is 3.92. The van der Waals surface area contributed by atoms with Crippen molar-refractivity contribution in [1.82, 2.24) is 0 Å². The molecule has 2 nitrogen and oxygen atoms in total. The van der Waals surface area contributed by atoms with E-state index in [4.69, 9.17) is 16.0 Å². The van der Waals surface area contributed by atoms with Crippen molar-refractivity contribution in [1.29, 1.82) is 0 Å². The van der Waals surface area contributed by atoms with Crippen LogP contribution in [0.4, 0.5) is 5.69 Å². The summed E-state index contributed by atoms with van der Waals surface area (Å²) in [5.41, 5.74) is 1.13. The Kier molecular flexibility index (Phi) is 4.95. The molecular weight excluding hydrogens is 361 g/mol. The lowest BCUT2D eigenvalue weighted by molar-refractivity contribution is 0.495. The molecular formula is C14H15ClINO. The summed E-state index contributed by atoms with van der Waals surface area (Å²) in [6.45, 7) is 2.17. The van der Waals surface area contributed by atoms with Crippen LogP contribution in [0.2, 0.25) is 5.02 Å². The average Bonchev–Trinajstić information content (AvgIpc) is 2.83. The molecule has 1 unspecified atom stereocenters. The van der Waals surface area contributed by atoms with Crippen molar-refractivity contribution in [3.05, 3.63) is 50.9 Å². The van der Waals surface area contributed by atoms with Crippen LogP contribution in [-0.2, 0) is 6.42 Å². The van der Waals surface area contributed by atoms with E-state index in [1.807, 2.05) is 30.3 Å². The zero-order valence-electron chi connectivity index (χ0n) is 10.1. The predicted octanol–water partition coefficient (Wildman–Crippen LogP) is 4.97. The minimum atomic E-state index is 0.393. The summed E-state index contributed by atoms with van der Waals surface area (Å²) in [6, 6.07) is 10.2. The van der Waals surface area contributed by atoms with Crippen LogP contribution in [0, 0.1) is 3.57 Å². The van der Waals surface area contributed by atoms with Crippen molar-refractivity contribution >= 4 is 39.9 Å². The van der Waals surface area contributed by atoms with Crippen LogP contribution < -0.4 is 5.32 Å². The molecule has 1 atom stereocenters. The molecule has 1 aromatic heterocycles. The molecule has 96 valence electrons. The van der Waals surface area contributed by atoms with Crippen LogP contribution in [0.1, 0.15) is 19.1 Å². The van der Waals surface area contributed by atoms with Crippen LogP contribution in [0.3, 0.4) is 0 Å². The second-order valence-corrected chi connectivity index (χ2v) is 5.89. The van der Waals surface area contributed by atoms with Crippen LogP contribution in [0.5, 0.6) is 0 Å². The van der Waals surface area contributed by atoms with Gasteiger partial charge in [-0.1, -0.05) is 11.6 Å². The van der Waals surface area contributed by atoms with Gasteiger partial charge in [-0.25, -0.2) is 0 Å². The van der Waals surface area contributed by atoms with Gasteiger partial charge >= 0.3 is 0 Å². The van der Waals surface area contributed by atoms with Crippen LogP contribution >= 0.6 is 34.2 Å². The van der Waals surface area contributed by atoms with Gasteiger partial charge in [0.05, 0.1) is 6.26 Å². The Labute approximate surface area is 126 Å². The molecule has 4 heteroatoms.